The summed E-state index contributed by atoms with van der Waals surface area (Å²) < 4.78 is 11.5. The first-order chi connectivity index (χ1) is 11.1. The van der Waals surface area contributed by atoms with E-state index in [2.05, 4.69) is 9.84 Å². The third kappa shape index (κ3) is 2.84. The van der Waals surface area contributed by atoms with Crippen molar-refractivity contribution in [2.45, 2.75) is 32.3 Å². The number of rotatable bonds is 4. The lowest BCUT2D eigenvalue weighted by atomic mass is 10.2. The maximum Gasteiger partial charge on any atom is 0.359 e. The molecule has 0 bridgehead atoms. The molecule has 6 heteroatoms. The van der Waals surface area contributed by atoms with Gasteiger partial charge in [0.1, 0.15) is 0 Å². The van der Waals surface area contributed by atoms with Crippen molar-refractivity contribution >= 4 is 11.9 Å². The van der Waals surface area contributed by atoms with Crippen LogP contribution in [0.4, 0.5) is 0 Å². The summed E-state index contributed by atoms with van der Waals surface area (Å²) in [4.78, 5) is 23.8. The summed E-state index contributed by atoms with van der Waals surface area (Å²) in [6.07, 6.45) is 1.69. The Kier molecular flexibility index (Phi) is 4.14. The van der Waals surface area contributed by atoms with E-state index in [0.717, 1.165) is 36.2 Å². The van der Waals surface area contributed by atoms with Gasteiger partial charge in [-0.2, -0.15) is 5.10 Å². The Labute approximate surface area is 134 Å². The molecule has 2 aromatic rings. The molecule has 0 radical (unpaired) electrons. The summed E-state index contributed by atoms with van der Waals surface area (Å²) in [7, 11) is 1.26. The number of para-hydroxylation sites is 1. The minimum Gasteiger partial charge on any atom is -0.466 e. The van der Waals surface area contributed by atoms with Crippen LogP contribution in [0.1, 0.15) is 35.1 Å². The van der Waals surface area contributed by atoms with Gasteiger partial charge in [-0.3, -0.25) is 0 Å². The van der Waals surface area contributed by atoms with E-state index in [1.54, 1.807) is 4.68 Å². The average Bonchev–Trinajstić information content (AvgIpc) is 3.16. The highest BCUT2D eigenvalue weighted by Crippen LogP contribution is 2.28. The van der Waals surface area contributed by atoms with Crippen LogP contribution in [-0.2, 0) is 27.1 Å². The fourth-order valence-corrected chi connectivity index (χ4v) is 2.81. The molecule has 0 unspecified atom stereocenters. The standard InChI is InChI=1S/C17H18N2O4/c1-11(16(20)22-2)23-17(21)15-13-9-6-10-14(13)19(18-15)12-7-4-3-5-8-12/h3-5,7-8,11H,6,9-10H2,1-2H3/t11-/m0/s1. The number of carbonyl (C=O) groups is 2. The van der Waals surface area contributed by atoms with E-state index in [4.69, 9.17) is 4.74 Å². The molecule has 0 spiro atoms. The van der Waals surface area contributed by atoms with Crippen molar-refractivity contribution in [2.24, 2.45) is 0 Å². The van der Waals surface area contributed by atoms with Gasteiger partial charge in [0.15, 0.2) is 11.8 Å². The quantitative estimate of drug-likeness (QED) is 0.808. The van der Waals surface area contributed by atoms with Gasteiger partial charge in [0.2, 0.25) is 0 Å². The van der Waals surface area contributed by atoms with Crippen molar-refractivity contribution in [2.75, 3.05) is 7.11 Å². The Hall–Kier alpha value is -2.63. The number of nitrogens with zero attached hydrogens (tertiary/aromatic N) is 2. The lowest BCUT2D eigenvalue weighted by Gasteiger charge is -2.10. The summed E-state index contributed by atoms with van der Waals surface area (Å²) in [6, 6.07) is 9.67. The predicted molar refractivity (Wildman–Crippen MR) is 82.5 cm³/mol. The van der Waals surface area contributed by atoms with E-state index in [9.17, 15) is 9.59 Å². The SMILES string of the molecule is COC(=O)[C@H](C)OC(=O)c1nn(-c2ccccc2)c2c1CCC2. The molecule has 0 amide bonds. The number of hydrogen-bond acceptors (Lipinski definition) is 5. The topological polar surface area (TPSA) is 70.4 Å². The van der Waals surface area contributed by atoms with Crippen LogP contribution in [0.5, 0.6) is 0 Å². The van der Waals surface area contributed by atoms with Crippen molar-refractivity contribution in [3.05, 3.63) is 47.3 Å². The Balaban J connectivity index is 1.92. The summed E-state index contributed by atoms with van der Waals surface area (Å²) in [5, 5.41) is 4.43. The fraction of sp³-hybridized carbons (Fsp3) is 0.353. The second-order valence-corrected chi connectivity index (χ2v) is 5.45. The summed E-state index contributed by atoms with van der Waals surface area (Å²) in [5.74, 6) is -1.17. The van der Waals surface area contributed by atoms with Crippen LogP contribution in [0.3, 0.4) is 0 Å². The number of aromatic nitrogens is 2. The molecule has 120 valence electrons. The normalized spacial score (nSPS) is 14.2. The van der Waals surface area contributed by atoms with Gasteiger partial charge in [0, 0.05) is 11.3 Å². The Bertz CT molecular complexity index is 737. The number of carbonyl (C=O) groups excluding carboxylic acids is 2. The minimum atomic E-state index is -0.952. The zero-order valence-corrected chi connectivity index (χ0v) is 13.1. The molecule has 3 rings (SSSR count). The van der Waals surface area contributed by atoms with Gasteiger partial charge in [0.25, 0.3) is 0 Å². The molecule has 0 N–H and O–H groups in total. The van der Waals surface area contributed by atoms with E-state index in [0.29, 0.717) is 0 Å². The number of methoxy groups -OCH3 is 1. The van der Waals surface area contributed by atoms with Gasteiger partial charge in [-0.15, -0.1) is 0 Å². The molecular weight excluding hydrogens is 296 g/mol. The molecule has 1 heterocycles. The van der Waals surface area contributed by atoms with Crippen LogP contribution >= 0.6 is 0 Å². The number of benzene rings is 1. The molecule has 23 heavy (non-hydrogen) atoms. The van der Waals surface area contributed by atoms with Crippen LogP contribution in [0.2, 0.25) is 0 Å². The average molecular weight is 314 g/mol. The molecule has 1 atom stereocenters. The molecular formula is C17H18N2O4. The summed E-state index contributed by atoms with van der Waals surface area (Å²) >= 11 is 0. The highest BCUT2D eigenvalue weighted by Gasteiger charge is 2.29. The van der Waals surface area contributed by atoms with Gasteiger partial charge >= 0.3 is 11.9 Å². The second-order valence-electron chi connectivity index (χ2n) is 5.45. The zero-order valence-electron chi connectivity index (χ0n) is 13.1. The van der Waals surface area contributed by atoms with Gasteiger partial charge in [0.05, 0.1) is 12.8 Å². The first kappa shape index (κ1) is 15.3. The molecule has 0 saturated heterocycles. The Morgan fingerprint density at radius 1 is 1.22 bits per heavy atom. The third-order valence-electron chi connectivity index (χ3n) is 3.94. The Morgan fingerprint density at radius 2 is 1.96 bits per heavy atom. The molecule has 1 aromatic carbocycles. The van der Waals surface area contributed by atoms with Crippen molar-refractivity contribution in [1.29, 1.82) is 0 Å². The van der Waals surface area contributed by atoms with Crippen molar-refractivity contribution in [3.63, 3.8) is 0 Å². The highest BCUT2D eigenvalue weighted by atomic mass is 16.6. The first-order valence-electron chi connectivity index (χ1n) is 7.57. The van der Waals surface area contributed by atoms with Gasteiger partial charge < -0.3 is 9.47 Å². The van der Waals surface area contributed by atoms with E-state index in [-0.39, 0.29) is 5.69 Å². The minimum absolute atomic E-state index is 0.289. The third-order valence-corrected chi connectivity index (χ3v) is 3.94. The largest absolute Gasteiger partial charge is 0.466 e. The number of ether oxygens (including phenoxy) is 2. The van der Waals surface area contributed by atoms with Gasteiger partial charge in [-0.25, -0.2) is 14.3 Å². The molecule has 0 saturated carbocycles. The smallest absolute Gasteiger partial charge is 0.359 e. The van der Waals surface area contributed by atoms with Crippen LogP contribution < -0.4 is 0 Å². The van der Waals surface area contributed by atoms with Crippen LogP contribution in [-0.4, -0.2) is 34.9 Å². The van der Waals surface area contributed by atoms with Crippen LogP contribution in [0, 0.1) is 0 Å². The summed E-state index contributed by atoms with van der Waals surface area (Å²) in [6.45, 7) is 1.48. The molecule has 0 fully saturated rings. The van der Waals surface area contributed by atoms with Crippen molar-refractivity contribution in [3.8, 4) is 5.69 Å². The maximum atomic E-state index is 12.4. The highest BCUT2D eigenvalue weighted by molar-refractivity contribution is 5.91. The molecule has 1 aromatic heterocycles. The maximum absolute atomic E-state index is 12.4. The van der Waals surface area contributed by atoms with E-state index in [1.807, 2.05) is 30.3 Å². The number of esters is 2. The fourth-order valence-electron chi connectivity index (χ4n) is 2.81. The predicted octanol–water partition coefficient (Wildman–Crippen LogP) is 2.08. The Morgan fingerprint density at radius 3 is 2.65 bits per heavy atom. The molecule has 0 aliphatic heterocycles. The molecule has 1 aliphatic carbocycles. The first-order valence-corrected chi connectivity index (χ1v) is 7.57. The number of hydrogen-bond donors (Lipinski definition) is 0. The van der Waals surface area contributed by atoms with Crippen LogP contribution in [0.25, 0.3) is 5.69 Å². The summed E-state index contributed by atoms with van der Waals surface area (Å²) in [5.41, 5.74) is 3.15. The second kappa shape index (κ2) is 6.24. The molecule has 6 nitrogen and oxygen atoms in total. The zero-order chi connectivity index (χ0) is 16.4. The lowest BCUT2D eigenvalue weighted by molar-refractivity contribution is -0.149. The molecule has 1 aliphatic rings. The van der Waals surface area contributed by atoms with Gasteiger partial charge in [-0.05, 0) is 38.3 Å². The number of fused-ring (bicyclic) bond motifs is 1. The van der Waals surface area contributed by atoms with E-state index in [1.165, 1.54) is 14.0 Å². The lowest BCUT2D eigenvalue weighted by Crippen LogP contribution is -2.26. The van der Waals surface area contributed by atoms with Crippen molar-refractivity contribution < 1.29 is 19.1 Å². The van der Waals surface area contributed by atoms with E-state index >= 15 is 0 Å². The van der Waals surface area contributed by atoms with E-state index < -0.39 is 18.0 Å². The van der Waals surface area contributed by atoms with Crippen LogP contribution in [0.15, 0.2) is 30.3 Å². The van der Waals surface area contributed by atoms with Crippen molar-refractivity contribution in [1.82, 2.24) is 9.78 Å². The van der Waals surface area contributed by atoms with Gasteiger partial charge in [-0.1, -0.05) is 18.2 Å². The monoisotopic (exact) mass is 314 g/mol.